The standard InChI is InChI=1S/C16H20N2/c1-2-15(17)18-16(13-9-5-3-6-10-13)14-11-7-4-8-12-14/h3-12,15-16,18H,2,17H2,1H3. The molecule has 94 valence electrons. The Morgan fingerprint density at radius 2 is 1.33 bits per heavy atom. The van der Waals surface area contributed by atoms with Crippen LogP contribution in [0.4, 0.5) is 0 Å². The van der Waals surface area contributed by atoms with Gasteiger partial charge in [-0.2, -0.15) is 0 Å². The fourth-order valence-corrected chi connectivity index (χ4v) is 2.01. The molecule has 0 saturated carbocycles. The van der Waals surface area contributed by atoms with E-state index in [4.69, 9.17) is 5.73 Å². The topological polar surface area (TPSA) is 38.0 Å². The van der Waals surface area contributed by atoms with E-state index in [1.54, 1.807) is 0 Å². The van der Waals surface area contributed by atoms with Crippen molar-refractivity contribution < 1.29 is 0 Å². The van der Waals surface area contributed by atoms with Crippen LogP contribution in [0.3, 0.4) is 0 Å². The van der Waals surface area contributed by atoms with E-state index in [0.717, 1.165) is 6.42 Å². The average molecular weight is 240 g/mol. The Hall–Kier alpha value is -1.64. The lowest BCUT2D eigenvalue weighted by atomic mass is 9.98. The van der Waals surface area contributed by atoms with Gasteiger partial charge in [-0.3, -0.25) is 5.32 Å². The first-order valence-electron chi connectivity index (χ1n) is 6.42. The fourth-order valence-electron chi connectivity index (χ4n) is 2.01. The molecule has 0 bridgehead atoms. The van der Waals surface area contributed by atoms with Gasteiger partial charge >= 0.3 is 0 Å². The summed E-state index contributed by atoms with van der Waals surface area (Å²) in [6, 6.07) is 21.0. The summed E-state index contributed by atoms with van der Waals surface area (Å²) in [5.41, 5.74) is 8.52. The third-order valence-electron chi connectivity index (χ3n) is 3.09. The van der Waals surface area contributed by atoms with Crippen LogP contribution >= 0.6 is 0 Å². The molecule has 0 heterocycles. The molecule has 2 nitrogen and oxygen atoms in total. The smallest absolute Gasteiger partial charge is 0.0588 e. The number of rotatable bonds is 5. The van der Waals surface area contributed by atoms with Gasteiger partial charge in [0.2, 0.25) is 0 Å². The highest BCUT2D eigenvalue weighted by Crippen LogP contribution is 2.22. The third-order valence-corrected chi connectivity index (χ3v) is 3.09. The van der Waals surface area contributed by atoms with Crippen LogP contribution in [0, 0.1) is 0 Å². The fraction of sp³-hybridized carbons (Fsp3) is 0.250. The highest BCUT2D eigenvalue weighted by molar-refractivity contribution is 5.31. The van der Waals surface area contributed by atoms with E-state index in [1.807, 2.05) is 12.1 Å². The third kappa shape index (κ3) is 3.19. The summed E-state index contributed by atoms with van der Waals surface area (Å²) in [6.45, 7) is 2.09. The first-order valence-corrected chi connectivity index (χ1v) is 6.42. The first kappa shape index (κ1) is 12.8. The average Bonchev–Trinajstić information content (AvgIpc) is 2.46. The second kappa shape index (κ2) is 6.34. The Morgan fingerprint density at radius 3 is 1.72 bits per heavy atom. The lowest BCUT2D eigenvalue weighted by Gasteiger charge is -2.23. The number of nitrogens with two attached hydrogens (primary N) is 1. The number of nitrogens with one attached hydrogen (secondary N) is 1. The molecule has 18 heavy (non-hydrogen) atoms. The van der Waals surface area contributed by atoms with Crippen molar-refractivity contribution in [3.05, 3.63) is 71.8 Å². The summed E-state index contributed by atoms with van der Waals surface area (Å²) in [4.78, 5) is 0. The van der Waals surface area contributed by atoms with Crippen molar-refractivity contribution in [3.8, 4) is 0 Å². The molecular formula is C16H20N2. The van der Waals surface area contributed by atoms with Gasteiger partial charge in [0.05, 0.1) is 12.2 Å². The maximum Gasteiger partial charge on any atom is 0.0588 e. The van der Waals surface area contributed by atoms with E-state index in [-0.39, 0.29) is 12.2 Å². The number of hydrogen-bond acceptors (Lipinski definition) is 2. The predicted octanol–water partition coefficient (Wildman–Crippen LogP) is 3.06. The van der Waals surface area contributed by atoms with Crippen molar-refractivity contribution in [1.82, 2.24) is 5.32 Å². The highest BCUT2D eigenvalue weighted by Gasteiger charge is 2.15. The zero-order valence-corrected chi connectivity index (χ0v) is 10.7. The van der Waals surface area contributed by atoms with Gasteiger partial charge < -0.3 is 5.73 Å². The van der Waals surface area contributed by atoms with Crippen LogP contribution in [0.25, 0.3) is 0 Å². The Labute approximate surface area is 109 Å². The van der Waals surface area contributed by atoms with Crippen molar-refractivity contribution in [1.29, 1.82) is 0 Å². The minimum absolute atomic E-state index is 0.00964. The van der Waals surface area contributed by atoms with E-state index >= 15 is 0 Å². The molecule has 0 spiro atoms. The summed E-state index contributed by atoms with van der Waals surface area (Å²) >= 11 is 0. The van der Waals surface area contributed by atoms with Crippen LogP contribution in [-0.4, -0.2) is 6.17 Å². The highest BCUT2D eigenvalue weighted by atomic mass is 15.0. The van der Waals surface area contributed by atoms with Crippen LogP contribution < -0.4 is 11.1 Å². The van der Waals surface area contributed by atoms with E-state index in [0.29, 0.717) is 0 Å². The van der Waals surface area contributed by atoms with Crippen LogP contribution in [0.1, 0.15) is 30.5 Å². The normalized spacial score (nSPS) is 12.6. The van der Waals surface area contributed by atoms with Crippen molar-refractivity contribution >= 4 is 0 Å². The molecule has 0 aliphatic heterocycles. The van der Waals surface area contributed by atoms with Gasteiger partial charge in [0.15, 0.2) is 0 Å². The molecule has 1 atom stereocenters. The molecule has 0 aromatic heterocycles. The zero-order valence-electron chi connectivity index (χ0n) is 10.7. The van der Waals surface area contributed by atoms with Crippen LogP contribution in [-0.2, 0) is 0 Å². The second-order valence-corrected chi connectivity index (χ2v) is 4.44. The zero-order chi connectivity index (χ0) is 12.8. The van der Waals surface area contributed by atoms with Crippen LogP contribution in [0.15, 0.2) is 60.7 Å². The Bertz CT molecular complexity index is 414. The monoisotopic (exact) mass is 240 g/mol. The molecular weight excluding hydrogens is 220 g/mol. The lowest BCUT2D eigenvalue weighted by molar-refractivity contribution is 0.470. The minimum atomic E-state index is 0.00964. The Balaban J connectivity index is 2.29. The summed E-state index contributed by atoms with van der Waals surface area (Å²) in [5, 5.41) is 3.48. The van der Waals surface area contributed by atoms with Gasteiger partial charge in [-0.15, -0.1) is 0 Å². The number of hydrogen-bond donors (Lipinski definition) is 2. The SMILES string of the molecule is CCC(N)NC(c1ccccc1)c1ccccc1. The molecule has 0 fully saturated rings. The van der Waals surface area contributed by atoms with Crippen molar-refractivity contribution in [2.75, 3.05) is 0 Å². The van der Waals surface area contributed by atoms with E-state index in [9.17, 15) is 0 Å². The van der Waals surface area contributed by atoms with Crippen molar-refractivity contribution in [3.63, 3.8) is 0 Å². The molecule has 0 aliphatic rings. The molecule has 2 aromatic rings. The molecule has 0 radical (unpaired) electrons. The van der Waals surface area contributed by atoms with E-state index in [1.165, 1.54) is 11.1 Å². The molecule has 0 amide bonds. The van der Waals surface area contributed by atoms with Gasteiger partial charge in [0.25, 0.3) is 0 Å². The largest absolute Gasteiger partial charge is 0.316 e. The predicted molar refractivity (Wildman–Crippen MR) is 76.1 cm³/mol. The van der Waals surface area contributed by atoms with Gasteiger partial charge in [0.1, 0.15) is 0 Å². The summed E-state index contributed by atoms with van der Waals surface area (Å²) < 4.78 is 0. The first-order chi connectivity index (χ1) is 8.81. The van der Waals surface area contributed by atoms with Gasteiger partial charge in [-0.05, 0) is 17.5 Å². The molecule has 1 unspecified atom stereocenters. The Kier molecular flexibility index (Phi) is 4.51. The van der Waals surface area contributed by atoms with Crippen LogP contribution in [0.5, 0.6) is 0 Å². The van der Waals surface area contributed by atoms with Gasteiger partial charge in [-0.25, -0.2) is 0 Å². The Morgan fingerprint density at radius 1 is 0.889 bits per heavy atom. The second-order valence-electron chi connectivity index (χ2n) is 4.44. The summed E-state index contributed by atoms with van der Waals surface area (Å²) in [6.07, 6.45) is 0.923. The maximum atomic E-state index is 6.04. The van der Waals surface area contributed by atoms with E-state index < -0.39 is 0 Å². The molecule has 3 N–H and O–H groups in total. The summed E-state index contributed by atoms with van der Waals surface area (Å²) in [7, 11) is 0. The number of benzene rings is 2. The van der Waals surface area contributed by atoms with Crippen molar-refractivity contribution in [2.24, 2.45) is 5.73 Å². The maximum absolute atomic E-state index is 6.04. The summed E-state index contributed by atoms with van der Waals surface area (Å²) in [5.74, 6) is 0. The molecule has 2 aromatic carbocycles. The minimum Gasteiger partial charge on any atom is -0.316 e. The van der Waals surface area contributed by atoms with Gasteiger partial charge in [-0.1, -0.05) is 67.6 Å². The molecule has 2 rings (SSSR count). The van der Waals surface area contributed by atoms with Gasteiger partial charge in [0, 0.05) is 0 Å². The quantitative estimate of drug-likeness (QED) is 0.788. The molecule has 0 aliphatic carbocycles. The van der Waals surface area contributed by atoms with E-state index in [2.05, 4.69) is 60.8 Å². The van der Waals surface area contributed by atoms with Crippen LogP contribution in [0.2, 0.25) is 0 Å². The lowest BCUT2D eigenvalue weighted by Crippen LogP contribution is -2.39. The molecule has 0 saturated heterocycles. The molecule has 2 heteroatoms. The van der Waals surface area contributed by atoms with Crippen molar-refractivity contribution in [2.45, 2.75) is 25.6 Å².